The Balaban J connectivity index is 1.45. The van der Waals surface area contributed by atoms with E-state index in [4.69, 9.17) is 4.74 Å². The van der Waals surface area contributed by atoms with Gasteiger partial charge in [0, 0.05) is 24.7 Å². The second-order valence-electron chi connectivity index (χ2n) is 7.23. The van der Waals surface area contributed by atoms with Gasteiger partial charge in [0.25, 0.3) is 11.8 Å². The molecule has 1 aliphatic rings. The maximum Gasteiger partial charge on any atom is 0.260 e. The molecule has 3 rings (SSSR count). The number of piperidine rings is 1. The fourth-order valence-electron chi connectivity index (χ4n) is 3.46. The molecule has 2 aromatic carbocycles. The van der Waals surface area contributed by atoms with E-state index in [0.717, 1.165) is 30.6 Å². The minimum Gasteiger partial charge on any atom is -0.484 e. The predicted molar refractivity (Wildman–Crippen MR) is 110 cm³/mol. The number of amides is 2. The standard InChI is InChI=1S/C23H28N2O3/c1-3-18-8-6-9-20(15-18)28-16-22(26)25-13-11-19(12-14-25)24-23(27)21-10-5-4-7-17(21)2/h4-10,15,19H,3,11-14,16H2,1-2H3,(H,24,27). The number of nitrogens with zero attached hydrogens (tertiary/aromatic N) is 1. The highest BCUT2D eigenvalue weighted by atomic mass is 16.5. The Hall–Kier alpha value is -2.82. The van der Waals surface area contributed by atoms with Gasteiger partial charge in [0.15, 0.2) is 6.61 Å². The molecule has 0 aliphatic carbocycles. The van der Waals surface area contributed by atoms with Gasteiger partial charge in [0.05, 0.1) is 0 Å². The first-order valence-electron chi connectivity index (χ1n) is 9.93. The molecule has 2 aromatic rings. The number of likely N-dealkylation sites (tertiary alicyclic amines) is 1. The van der Waals surface area contributed by atoms with Gasteiger partial charge >= 0.3 is 0 Å². The van der Waals surface area contributed by atoms with Gasteiger partial charge in [-0.15, -0.1) is 0 Å². The van der Waals surface area contributed by atoms with Crippen molar-refractivity contribution in [3.63, 3.8) is 0 Å². The number of benzene rings is 2. The molecular formula is C23H28N2O3. The molecule has 0 saturated carbocycles. The summed E-state index contributed by atoms with van der Waals surface area (Å²) in [6.07, 6.45) is 2.45. The van der Waals surface area contributed by atoms with Crippen LogP contribution in [0.2, 0.25) is 0 Å². The van der Waals surface area contributed by atoms with Gasteiger partial charge in [-0.05, 0) is 55.5 Å². The van der Waals surface area contributed by atoms with E-state index in [0.29, 0.717) is 18.7 Å². The number of hydrogen-bond acceptors (Lipinski definition) is 3. The summed E-state index contributed by atoms with van der Waals surface area (Å²) in [5.74, 6) is 0.681. The summed E-state index contributed by atoms with van der Waals surface area (Å²) in [7, 11) is 0. The summed E-state index contributed by atoms with van der Waals surface area (Å²) in [5.41, 5.74) is 2.87. The Bertz CT molecular complexity index is 826. The van der Waals surface area contributed by atoms with E-state index >= 15 is 0 Å². The van der Waals surface area contributed by atoms with Crippen LogP contribution in [-0.2, 0) is 11.2 Å². The smallest absolute Gasteiger partial charge is 0.260 e. The zero-order chi connectivity index (χ0) is 19.9. The summed E-state index contributed by atoms with van der Waals surface area (Å²) < 4.78 is 5.66. The van der Waals surface area contributed by atoms with Crippen LogP contribution in [0.3, 0.4) is 0 Å². The third-order valence-corrected chi connectivity index (χ3v) is 5.24. The molecule has 1 saturated heterocycles. The van der Waals surface area contributed by atoms with Crippen LogP contribution in [0.25, 0.3) is 0 Å². The van der Waals surface area contributed by atoms with Crippen molar-refractivity contribution in [2.24, 2.45) is 0 Å². The molecule has 1 fully saturated rings. The average molecular weight is 380 g/mol. The van der Waals surface area contributed by atoms with Crippen LogP contribution >= 0.6 is 0 Å². The number of carbonyl (C=O) groups is 2. The summed E-state index contributed by atoms with van der Waals surface area (Å²) in [6, 6.07) is 15.5. The molecule has 1 N–H and O–H groups in total. The zero-order valence-electron chi connectivity index (χ0n) is 16.6. The second kappa shape index (κ2) is 9.40. The Morgan fingerprint density at radius 3 is 2.57 bits per heavy atom. The van der Waals surface area contributed by atoms with Crippen molar-refractivity contribution < 1.29 is 14.3 Å². The van der Waals surface area contributed by atoms with Gasteiger partial charge in [-0.1, -0.05) is 37.3 Å². The molecule has 0 aromatic heterocycles. The lowest BCUT2D eigenvalue weighted by Gasteiger charge is -2.32. The van der Waals surface area contributed by atoms with Crippen LogP contribution in [0.4, 0.5) is 0 Å². The topological polar surface area (TPSA) is 58.6 Å². The molecule has 5 nitrogen and oxygen atoms in total. The molecule has 0 atom stereocenters. The lowest BCUT2D eigenvalue weighted by atomic mass is 10.0. The largest absolute Gasteiger partial charge is 0.484 e. The second-order valence-corrected chi connectivity index (χ2v) is 7.23. The molecule has 1 heterocycles. The third-order valence-electron chi connectivity index (χ3n) is 5.24. The van der Waals surface area contributed by atoms with Gasteiger partial charge in [0.2, 0.25) is 0 Å². The molecule has 0 spiro atoms. The highest BCUT2D eigenvalue weighted by molar-refractivity contribution is 5.95. The lowest BCUT2D eigenvalue weighted by molar-refractivity contribution is -0.134. The fourth-order valence-corrected chi connectivity index (χ4v) is 3.46. The molecule has 2 amide bonds. The fraction of sp³-hybridized carbons (Fsp3) is 0.391. The van der Waals surface area contributed by atoms with E-state index in [1.807, 2.05) is 60.4 Å². The summed E-state index contributed by atoms with van der Waals surface area (Å²) in [4.78, 5) is 26.7. The molecule has 148 valence electrons. The van der Waals surface area contributed by atoms with Crippen molar-refractivity contribution in [1.29, 1.82) is 0 Å². The quantitative estimate of drug-likeness (QED) is 0.836. The highest BCUT2D eigenvalue weighted by Gasteiger charge is 2.24. The number of carbonyl (C=O) groups excluding carboxylic acids is 2. The zero-order valence-corrected chi connectivity index (χ0v) is 16.6. The molecule has 1 aliphatic heterocycles. The van der Waals surface area contributed by atoms with Crippen molar-refractivity contribution in [2.45, 2.75) is 39.2 Å². The van der Waals surface area contributed by atoms with Gasteiger partial charge in [0.1, 0.15) is 5.75 Å². The predicted octanol–water partition coefficient (Wildman–Crippen LogP) is 3.36. The Kier molecular flexibility index (Phi) is 6.69. The summed E-state index contributed by atoms with van der Waals surface area (Å²) >= 11 is 0. The normalized spacial score (nSPS) is 14.6. The van der Waals surface area contributed by atoms with Crippen LogP contribution in [0, 0.1) is 6.92 Å². The third kappa shape index (κ3) is 5.12. The number of rotatable bonds is 6. The monoisotopic (exact) mass is 380 g/mol. The first-order valence-corrected chi connectivity index (χ1v) is 9.93. The van der Waals surface area contributed by atoms with Crippen molar-refractivity contribution in [3.8, 4) is 5.75 Å². The van der Waals surface area contributed by atoms with E-state index in [1.165, 1.54) is 5.56 Å². The first kappa shape index (κ1) is 19.9. The number of hydrogen-bond donors (Lipinski definition) is 1. The van der Waals surface area contributed by atoms with Gasteiger partial charge in [-0.2, -0.15) is 0 Å². The molecule has 0 bridgehead atoms. The van der Waals surface area contributed by atoms with Crippen molar-refractivity contribution >= 4 is 11.8 Å². The van der Waals surface area contributed by atoms with Gasteiger partial charge in [-0.25, -0.2) is 0 Å². The number of aryl methyl sites for hydroxylation is 2. The average Bonchev–Trinajstić information content (AvgIpc) is 2.73. The lowest BCUT2D eigenvalue weighted by Crippen LogP contribution is -2.47. The SMILES string of the molecule is CCc1cccc(OCC(=O)N2CCC(NC(=O)c3ccccc3C)CC2)c1. The van der Waals surface area contributed by atoms with Crippen LogP contribution in [0.15, 0.2) is 48.5 Å². The minimum atomic E-state index is -0.0398. The van der Waals surface area contributed by atoms with Crippen LogP contribution in [0.1, 0.15) is 41.3 Å². The van der Waals surface area contributed by atoms with E-state index < -0.39 is 0 Å². The highest BCUT2D eigenvalue weighted by Crippen LogP contribution is 2.16. The number of nitrogens with one attached hydrogen (secondary N) is 1. The van der Waals surface area contributed by atoms with Crippen molar-refractivity contribution in [3.05, 3.63) is 65.2 Å². The van der Waals surface area contributed by atoms with E-state index in [1.54, 1.807) is 0 Å². The van der Waals surface area contributed by atoms with E-state index in [2.05, 4.69) is 12.2 Å². The Morgan fingerprint density at radius 2 is 1.86 bits per heavy atom. The van der Waals surface area contributed by atoms with Crippen molar-refractivity contribution in [2.75, 3.05) is 19.7 Å². The van der Waals surface area contributed by atoms with Crippen LogP contribution in [-0.4, -0.2) is 42.5 Å². The Labute approximate surface area is 166 Å². The van der Waals surface area contributed by atoms with E-state index in [-0.39, 0.29) is 24.5 Å². The maximum absolute atomic E-state index is 12.4. The summed E-state index contributed by atoms with van der Waals surface area (Å²) in [5, 5.41) is 3.10. The molecular weight excluding hydrogens is 352 g/mol. The van der Waals surface area contributed by atoms with Crippen LogP contribution < -0.4 is 10.1 Å². The molecule has 0 radical (unpaired) electrons. The van der Waals surface area contributed by atoms with Crippen molar-refractivity contribution in [1.82, 2.24) is 10.2 Å². The number of ether oxygens (including phenoxy) is 1. The maximum atomic E-state index is 12.4. The van der Waals surface area contributed by atoms with Gasteiger partial charge < -0.3 is 15.0 Å². The minimum absolute atomic E-state index is 0.00872. The molecule has 5 heteroatoms. The summed E-state index contributed by atoms with van der Waals surface area (Å²) in [6.45, 7) is 5.35. The van der Waals surface area contributed by atoms with Gasteiger partial charge in [-0.3, -0.25) is 9.59 Å². The molecule has 0 unspecified atom stereocenters. The molecule has 28 heavy (non-hydrogen) atoms. The van der Waals surface area contributed by atoms with Crippen LogP contribution in [0.5, 0.6) is 5.75 Å². The Morgan fingerprint density at radius 1 is 1.11 bits per heavy atom. The van der Waals surface area contributed by atoms with E-state index in [9.17, 15) is 9.59 Å². The first-order chi connectivity index (χ1) is 13.6.